The second-order valence-corrected chi connectivity index (χ2v) is 5.73. The fraction of sp³-hybridized carbons (Fsp3) is 0. The Morgan fingerprint density at radius 1 is 0.885 bits per heavy atom. The van der Waals surface area contributed by atoms with E-state index in [0.717, 1.165) is 5.56 Å². The lowest BCUT2D eigenvalue weighted by molar-refractivity contribution is 0.628. The van der Waals surface area contributed by atoms with Crippen molar-refractivity contribution in [2.45, 2.75) is 0 Å². The van der Waals surface area contributed by atoms with Gasteiger partial charge in [0.05, 0.1) is 17.1 Å². The molecule has 0 aliphatic heterocycles. The van der Waals surface area contributed by atoms with Gasteiger partial charge in [-0.05, 0) is 29.8 Å². The Morgan fingerprint density at radius 2 is 1.58 bits per heavy atom. The number of para-hydroxylation sites is 1. The summed E-state index contributed by atoms with van der Waals surface area (Å²) in [7, 11) is 0. The minimum Gasteiger partial charge on any atom is -0.267 e. The van der Waals surface area contributed by atoms with E-state index in [0.29, 0.717) is 22.3 Å². The Bertz CT molecular complexity index is 1150. The Hall–Kier alpha value is -3.60. The second-order valence-electron chi connectivity index (χ2n) is 5.73. The first-order valence-corrected chi connectivity index (χ1v) is 8.09. The minimum absolute atomic E-state index is 0.257. The maximum absolute atomic E-state index is 13.1. The summed E-state index contributed by atoms with van der Waals surface area (Å²) in [6, 6.07) is 22.5. The van der Waals surface area contributed by atoms with Gasteiger partial charge in [0.15, 0.2) is 5.82 Å². The molecular weight excluding hydrogens is 329 g/mol. The van der Waals surface area contributed by atoms with E-state index in [1.807, 2.05) is 36.4 Å². The van der Waals surface area contributed by atoms with Gasteiger partial charge >= 0.3 is 0 Å². The van der Waals surface area contributed by atoms with Gasteiger partial charge in [-0.25, -0.2) is 9.37 Å². The molecule has 0 atom stereocenters. The molecule has 0 N–H and O–H groups in total. The predicted molar refractivity (Wildman–Crippen MR) is 101 cm³/mol. The third-order valence-corrected chi connectivity index (χ3v) is 3.98. The zero-order chi connectivity index (χ0) is 17.9. The molecule has 0 aliphatic rings. The monoisotopic (exact) mass is 343 g/mol. The Morgan fingerprint density at radius 3 is 2.35 bits per heavy atom. The highest BCUT2D eigenvalue weighted by Crippen LogP contribution is 2.18. The standard InChI is InChI=1S/C21H14FN3O/c22-17-12-10-15(11-13-17)14-23-25-20(16-6-2-1-3-7-16)24-19-9-5-4-8-18(19)21(25)26/h1-14H. The van der Waals surface area contributed by atoms with Crippen LogP contribution < -0.4 is 5.56 Å². The van der Waals surface area contributed by atoms with Crippen LogP contribution in [0.3, 0.4) is 0 Å². The van der Waals surface area contributed by atoms with Crippen LogP contribution in [0.25, 0.3) is 22.3 Å². The Kier molecular flexibility index (Phi) is 4.11. The largest absolute Gasteiger partial charge is 0.282 e. The van der Waals surface area contributed by atoms with E-state index in [4.69, 9.17) is 0 Å². The van der Waals surface area contributed by atoms with Gasteiger partial charge in [0.1, 0.15) is 5.82 Å². The molecule has 0 fully saturated rings. The summed E-state index contributed by atoms with van der Waals surface area (Å²) in [5.74, 6) is 0.129. The SMILES string of the molecule is O=c1c2ccccc2nc(-c2ccccc2)n1N=Cc1ccc(F)cc1. The highest BCUT2D eigenvalue weighted by Gasteiger charge is 2.11. The molecule has 0 radical (unpaired) electrons. The van der Waals surface area contributed by atoms with E-state index in [-0.39, 0.29) is 11.4 Å². The van der Waals surface area contributed by atoms with Crippen molar-refractivity contribution in [1.29, 1.82) is 0 Å². The molecule has 0 unspecified atom stereocenters. The first-order chi connectivity index (χ1) is 12.7. The quantitative estimate of drug-likeness (QED) is 0.526. The molecule has 0 saturated carbocycles. The molecule has 0 bridgehead atoms. The molecule has 26 heavy (non-hydrogen) atoms. The van der Waals surface area contributed by atoms with Crippen LogP contribution in [0.5, 0.6) is 0 Å². The first-order valence-electron chi connectivity index (χ1n) is 8.09. The molecule has 0 aliphatic carbocycles. The van der Waals surface area contributed by atoms with Crippen molar-refractivity contribution in [1.82, 2.24) is 9.66 Å². The Balaban J connectivity index is 1.92. The van der Waals surface area contributed by atoms with Gasteiger partial charge in [0.25, 0.3) is 5.56 Å². The zero-order valence-corrected chi connectivity index (χ0v) is 13.7. The molecule has 126 valence electrons. The summed E-state index contributed by atoms with van der Waals surface area (Å²) in [6.45, 7) is 0. The lowest BCUT2D eigenvalue weighted by Gasteiger charge is -2.09. The summed E-state index contributed by atoms with van der Waals surface area (Å²) >= 11 is 0. The van der Waals surface area contributed by atoms with E-state index < -0.39 is 0 Å². The number of nitrogens with zero attached hydrogens (tertiary/aromatic N) is 3. The third kappa shape index (κ3) is 3.02. The van der Waals surface area contributed by atoms with Crippen LogP contribution in [0.15, 0.2) is 88.8 Å². The average molecular weight is 343 g/mol. The molecule has 1 heterocycles. The van der Waals surface area contributed by atoms with Crippen LogP contribution in [-0.2, 0) is 0 Å². The van der Waals surface area contributed by atoms with Gasteiger partial charge in [-0.15, -0.1) is 0 Å². The second kappa shape index (κ2) is 6.72. The lowest BCUT2D eigenvalue weighted by atomic mass is 10.2. The maximum Gasteiger partial charge on any atom is 0.282 e. The summed E-state index contributed by atoms with van der Waals surface area (Å²) in [5.41, 5.74) is 1.83. The van der Waals surface area contributed by atoms with Crippen molar-refractivity contribution in [3.63, 3.8) is 0 Å². The van der Waals surface area contributed by atoms with E-state index in [1.54, 1.807) is 30.3 Å². The van der Waals surface area contributed by atoms with Crippen molar-refractivity contribution >= 4 is 17.1 Å². The topological polar surface area (TPSA) is 47.2 Å². The van der Waals surface area contributed by atoms with Crippen LogP contribution in [0.1, 0.15) is 5.56 Å². The van der Waals surface area contributed by atoms with Crippen LogP contribution in [0.4, 0.5) is 4.39 Å². The average Bonchev–Trinajstić information content (AvgIpc) is 2.69. The molecule has 0 saturated heterocycles. The van der Waals surface area contributed by atoms with E-state index in [1.165, 1.54) is 23.0 Å². The molecular formula is C21H14FN3O. The summed E-state index contributed by atoms with van der Waals surface area (Å²) in [6.07, 6.45) is 1.52. The number of benzene rings is 3. The molecule has 1 aromatic heterocycles. The molecule has 4 rings (SSSR count). The molecule has 3 aromatic carbocycles. The van der Waals surface area contributed by atoms with E-state index in [9.17, 15) is 9.18 Å². The number of fused-ring (bicyclic) bond motifs is 1. The smallest absolute Gasteiger partial charge is 0.267 e. The van der Waals surface area contributed by atoms with Gasteiger partial charge in [0, 0.05) is 5.56 Å². The molecule has 5 heteroatoms. The van der Waals surface area contributed by atoms with E-state index in [2.05, 4.69) is 10.1 Å². The van der Waals surface area contributed by atoms with Crippen LogP contribution in [0, 0.1) is 5.82 Å². The third-order valence-electron chi connectivity index (χ3n) is 3.98. The fourth-order valence-corrected chi connectivity index (χ4v) is 2.68. The number of halogens is 1. The first kappa shape index (κ1) is 15.9. The van der Waals surface area contributed by atoms with Crippen LogP contribution in [-0.4, -0.2) is 15.9 Å². The van der Waals surface area contributed by atoms with Crippen molar-refractivity contribution in [3.8, 4) is 11.4 Å². The van der Waals surface area contributed by atoms with Gasteiger partial charge in [0.2, 0.25) is 0 Å². The van der Waals surface area contributed by atoms with Crippen LogP contribution >= 0.6 is 0 Å². The number of aromatic nitrogens is 2. The molecule has 0 spiro atoms. The summed E-state index contributed by atoms with van der Waals surface area (Å²) in [4.78, 5) is 17.6. The highest BCUT2D eigenvalue weighted by molar-refractivity contribution is 5.81. The molecule has 4 nitrogen and oxygen atoms in total. The number of hydrogen-bond donors (Lipinski definition) is 0. The van der Waals surface area contributed by atoms with Crippen molar-refractivity contribution in [2.75, 3.05) is 0 Å². The van der Waals surface area contributed by atoms with Gasteiger partial charge in [-0.1, -0.05) is 54.6 Å². The lowest BCUT2D eigenvalue weighted by Crippen LogP contribution is -2.20. The number of rotatable bonds is 3. The minimum atomic E-state index is -0.323. The summed E-state index contributed by atoms with van der Waals surface area (Å²) < 4.78 is 14.3. The summed E-state index contributed by atoms with van der Waals surface area (Å²) in [5, 5.41) is 4.82. The maximum atomic E-state index is 13.1. The molecule has 4 aromatic rings. The Labute approximate surface area is 148 Å². The molecule has 0 amide bonds. The predicted octanol–water partition coefficient (Wildman–Crippen LogP) is 4.08. The van der Waals surface area contributed by atoms with Gasteiger partial charge < -0.3 is 0 Å². The van der Waals surface area contributed by atoms with Crippen LogP contribution in [0.2, 0.25) is 0 Å². The highest BCUT2D eigenvalue weighted by atomic mass is 19.1. The van der Waals surface area contributed by atoms with Gasteiger partial charge in [-0.2, -0.15) is 9.78 Å². The van der Waals surface area contributed by atoms with Gasteiger partial charge in [-0.3, -0.25) is 4.79 Å². The van der Waals surface area contributed by atoms with Crippen molar-refractivity contribution in [2.24, 2.45) is 5.10 Å². The van der Waals surface area contributed by atoms with E-state index >= 15 is 0 Å². The zero-order valence-electron chi connectivity index (χ0n) is 13.7. The number of hydrogen-bond acceptors (Lipinski definition) is 3. The van der Waals surface area contributed by atoms with Crippen molar-refractivity contribution in [3.05, 3.63) is 101 Å². The van der Waals surface area contributed by atoms with Crippen molar-refractivity contribution < 1.29 is 4.39 Å². The fourth-order valence-electron chi connectivity index (χ4n) is 2.68. The normalized spacial score (nSPS) is 11.3.